The van der Waals surface area contributed by atoms with E-state index in [9.17, 15) is 0 Å². The van der Waals surface area contributed by atoms with Gasteiger partial charge in [-0.25, -0.2) is 4.98 Å². The summed E-state index contributed by atoms with van der Waals surface area (Å²) in [7, 11) is 0. The summed E-state index contributed by atoms with van der Waals surface area (Å²) in [6.07, 6.45) is 9.57. The third-order valence-corrected chi connectivity index (χ3v) is 5.40. The summed E-state index contributed by atoms with van der Waals surface area (Å²) in [6, 6.07) is 10.5. The largest absolute Gasteiger partial charge is 0.347 e. The molecule has 1 aliphatic rings. The zero-order valence-electron chi connectivity index (χ0n) is 14.8. The highest BCUT2D eigenvalue weighted by Crippen LogP contribution is 2.38. The first-order chi connectivity index (χ1) is 11.7. The van der Waals surface area contributed by atoms with Crippen LogP contribution in [-0.4, -0.2) is 28.6 Å². The van der Waals surface area contributed by atoms with Gasteiger partial charge in [-0.2, -0.15) is 0 Å². The van der Waals surface area contributed by atoms with Crippen LogP contribution in [0, 0.1) is 5.41 Å². The Kier molecular flexibility index (Phi) is 5.36. The second kappa shape index (κ2) is 7.49. The molecule has 1 saturated heterocycles. The molecule has 2 heterocycles. The Bertz CT molecular complexity index is 596. The van der Waals surface area contributed by atoms with Crippen molar-refractivity contribution in [2.24, 2.45) is 5.41 Å². The molecule has 1 aromatic heterocycles. The number of imidazole rings is 1. The number of ether oxygens (including phenoxy) is 2. The van der Waals surface area contributed by atoms with Gasteiger partial charge in [0, 0.05) is 24.2 Å². The molecule has 2 aromatic rings. The highest BCUT2D eigenvalue weighted by Gasteiger charge is 2.43. The van der Waals surface area contributed by atoms with Crippen molar-refractivity contribution >= 4 is 0 Å². The minimum Gasteiger partial charge on any atom is -0.347 e. The van der Waals surface area contributed by atoms with Crippen LogP contribution >= 0.6 is 0 Å². The van der Waals surface area contributed by atoms with Gasteiger partial charge in [-0.3, -0.25) is 0 Å². The second-order valence-electron chi connectivity index (χ2n) is 6.92. The number of hydrogen-bond donors (Lipinski definition) is 0. The predicted molar refractivity (Wildman–Crippen MR) is 94.6 cm³/mol. The lowest BCUT2D eigenvalue weighted by Gasteiger charge is -2.46. The zero-order valence-corrected chi connectivity index (χ0v) is 14.8. The van der Waals surface area contributed by atoms with Crippen molar-refractivity contribution in [2.75, 3.05) is 13.2 Å². The Morgan fingerprint density at radius 3 is 2.38 bits per heavy atom. The average molecular weight is 328 g/mol. The number of aromatic nitrogens is 2. The van der Waals surface area contributed by atoms with E-state index in [1.807, 2.05) is 12.5 Å². The van der Waals surface area contributed by atoms with Gasteiger partial charge in [-0.05, 0) is 24.8 Å². The maximum atomic E-state index is 6.39. The average Bonchev–Trinajstić information content (AvgIpc) is 3.15. The van der Waals surface area contributed by atoms with Gasteiger partial charge >= 0.3 is 0 Å². The Morgan fingerprint density at radius 1 is 1.08 bits per heavy atom. The third-order valence-electron chi connectivity index (χ3n) is 5.40. The lowest BCUT2D eigenvalue weighted by molar-refractivity contribution is -0.313. The van der Waals surface area contributed by atoms with Crippen molar-refractivity contribution in [3.8, 4) is 0 Å². The molecule has 4 nitrogen and oxygen atoms in total. The van der Waals surface area contributed by atoms with Crippen LogP contribution in [0.5, 0.6) is 0 Å². The smallest absolute Gasteiger partial charge is 0.186 e. The van der Waals surface area contributed by atoms with Crippen molar-refractivity contribution in [2.45, 2.75) is 51.9 Å². The standard InChI is InChI=1S/C20H28N2O2/c1-3-19(4-2)15-23-20(24-16-19,14-22-13-12-21-17-22)11-10-18-8-6-5-7-9-18/h5-9,12-13,17H,3-4,10-11,14-16H2,1-2H3. The molecule has 24 heavy (non-hydrogen) atoms. The fourth-order valence-electron chi connectivity index (χ4n) is 3.26. The topological polar surface area (TPSA) is 36.3 Å². The molecule has 0 unspecified atom stereocenters. The van der Waals surface area contributed by atoms with E-state index in [1.165, 1.54) is 5.56 Å². The fraction of sp³-hybridized carbons (Fsp3) is 0.550. The van der Waals surface area contributed by atoms with E-state index in [0.29, 0.717) is 6.54 Å². The second-order valence-corrected chi connectivity index (χ2v) is 6.92. The van der Waals surface area contributed by atoms with Gasteiger partial charge in [-0.1, -0.05) is 44.2 Å². The number of rotatable bonds is 7. The van der Waals surface area contributed by atoms with E-state index in [1.54, 1.807) is 6.20 Å². The van der Waals surface area contributed by atoms with Gasteiger partial charge in [0.1, 0.15) is 0 Å². The fourth-order valence-corrected chi connectivity index (χ4v) is 3.26. The van der Waals surface area contributed by atoms with Crippen molar-refractivity contribution in [3.05, 3.63) is 54.6 Å². The Morgan fingerprint density at radius 2 is 1.79 bits per heavy atom. The number of nitrogens with zero attached hydrogens (tertiary/aromatic N) is 2. The first-order valence-corrected chi connectivity index (χ1v) is 8.97. The van der Waals surface area contributed by atoms with E-state index in [4.69, 9.17) is 9.47 Å². The van der Waals surface area contributed by atoms with Crippen LogP contribution in [-0.2, 0) is 22.4 Å². The van der Waals surface area contributed by atoms with Gasteiger partial charge in [0.2, 0.25) is 0 Å². The predicted octanol–water partition coefficient (Wildman–Crippen LogP) is 4.07. The molecular weight excluding hydrogens is 300 g/mol. The summed E-state index contributed by atoms with van der Waals surface area (Å²) < 4.78 is 14.8. The van der Waals surface area contributed by atoms with E-state index >= 15 is 0 Å². The summed E-state index contributed by atoms with van der Waals surface area (Å²) in [5.41, 5.74) is 1.48. The SMILES string of the molecule is CCC1(CC)COC(CCc2ccccc2)(Cn2ccnc2)OC1. The molecule has 1 aliphatic heterocycles. The number of benzene rings is 1. The van der Waals surface area contributed by atoms with Crippen LogP contribution in [0.2, 0.25) is 0 Å². The Balaban J connectivity index is 1.72. The minimum absolute atomic E-state index is 0.158. The minimum atomic E-state index is -0.565. The van der Waals surface area contributed by atoms with Crippen molar-refractivity contribution in [1.29, 1.82) is 0 Å². The number of aryl methyl sites for hydroxylation is 1. The maximum absolute atomic E-state index is 6.39. The zero-order chi connectivity index (χ0) is 16.9. The molecule has 0 N–H and O–H groups in total. The highest BCUT2D eigenvalue weighted by atomic mass is 16.7. The third kappa shape index (κ3) is 3.87. The lowest BCUT2D eigenvalue weighted by Crippen LogP contribution is -2.51. The molecule has 0 saturated carbocycles. The molecule has 0 atom stereocenters. The van der Waals surface area contributed by atoms with Crippen LogP contribution in [0.1, 0.15) is 38.7 Å². The van der Waals surface area contributed by atoms with Crippen LogP contribution in [0.25, 0.3) is 0 Å². The van der Waals surface area contributed by atoms with Crippen LogP contribution in [0.4, 0.5) is 0 Å². The molecule has 1 aromatic carbocycles. The van der Waals surface area contributed by atoms with Crippen LogP contribution < -0.4 is 0 Å². The van der Waals surface area contributed by atoms with E-state index < -0.39 is 5.79 Å². The molecular formula is C20H28N2O2. The molecule has 0 bridgehead atoms. The number of hydrogen-bond acceptors (Lipinski definition) is 3. The van der Waals surface area contributed by atoms with Gasteiger partial charge in [-0.15, -0.1) is 0 Å². The van der Waals surface area contributed by atoms with Crippen molar-refractivity contribution in [3.63, 3.8) is 0 Å². The molecule has 0 radical (unpaired) electrons. The summed E-state index contributed by atoms with van der Waals surface area (Å²) in [6.45, 7) is 6.67. The van der Waals surface area contributed by atoms with Gasteiger partial charge in [0.05, 0.1) is 26.1 Å². The summed E-state index contributed by atoms with van der Waals surface area (Å²) in [5.74, 6) is -0.565. The van der Waals surface area contributed by atoms with E-state index in [0.717, 1.165) is 38.9 Å². The molecule has 1 fully saturated rings. The summed E-state index contributed by atoms with van der Waals surface area (Å²) in [4.78, 5) is 4.15. The molecule has 4 heteroatoms. The summed E-state index contributed by atoms with van der Waals surface area (Å²) >= 11 is 0. The maximum Gasteiger partial charge on any atom is 0.186 e. The van der Waals surface area contributed by atoms with E-state index in [2.05, 4.69) is 53.7 Å². The molecule has 0 amide bonds. The first-order valence-electron chi connectivity index (χ1n) is 8.97. The van der Waals surface area contributed by atoms with Crippen molar-refractivity contribution in [1.82, 2.24) is 9.55 Å². The Labute approximate surface area is 144 Å². The molecule has 0 spiro atoms. The van der Waals surface area contributed by atoms with E-state index in [-0.39, 0.29) is 5.41 Å². The Hall–Kier alpha value is -1.65. The quantitative estimate of drug-likeness (QED) is 0.769. The van der Waals surface area contributed by atoms with Crippen molar-refractivity contribution < 1.29 is 9.47 Å². The molecule has 0 aliphatic carbocycles. The van der Waals surface area contributed by atoms with Crippen LogP contribution in [0.3, 0.4) is 0 Å². The lowest BCUT2D eigenvalue weighted by atomic mass is 9.83. The molecule has 130 valence electrons. The normalized spacial score (nSPS) is 19.2. The van der Waals surface area contributed by atoms with Gasteiger partial charge in [0.25, 0.3) is 0 Å². The van der Waals surface area contributed by atoms with Gasteiger partial charge < -0.3 is 14.0 Å². The monoisotopic (exact) mass is 328 g/mol. The summed E-state index contributed by atoms with van der Waals surface area (Å²) in [5, 5.41) is 0. The first kappa shape index (κ1) is 17.2. The molecule has 3 rings (SSSR count). The van der Waals surface area contributed by atoms with Gasteiger partial charge in [0.15, 0.2) is 5.79 Å². The highest BCUT2D eigenvalue weighted by molar-refractivity contribution is 5.15. The van der Waals surface area contributed by atoms with Crippen LogP contribution in [0.15, 0.2) is 49.1 Å².